The van der Waals surface area contributed by atoms with Crippen molar-refractivity contribution in [3.8, 4) is 22.9 Å². The summed E-state index contributed by atoms with van der Waals surface area (Å²) < 4.78 is 16.1. The maximum Gasteiger partial charge on any atom is 0.319 e. The Hall–Kier alpha value is -4.40. The predicted molar refractivity (Wildman–Crippen MR) is 115 cm³/mol. The van der Waals surface area contributed by atoms with Gasteiger partial charge in [0.05, 0.1) is 6.42 Å². The summed E-state index contributed by atoms with van der Waals surface area (Å²) in [6, 6.07) is 16.4. The molecule has 2 amide bonds. The van der Waals surface area contributed by atoms with E-state index < -0.39 is 0 Å². The van der Waals surface area contributed by atoms with E-state index in [1.807, 2.05) is 54.6 Å². The zero-order chi connectivity index (χ0) is 21.8. The molecule has 0 unspecified atom stereocenters. The first-order valence-electron chi connectivity index (χ1n) is 9.99. The second-order valence-corrected chi connectivity index (χ2v) is 7.08. The Morgan fingerprint density at radius 2 is 1.94 bits per heavy atom. The number of nitrogens with one attached hydrogen (secondary N) is 2. The molecule has 0 saturated carbocycles. The SMILES string of the molecule is O=C(NCc1ccc2c(c1)OCO2)Nc1ccccc1Cc1nc(-c2cccnc2)no1. The third kappa shape index (κ3) is 4.36. The second-order valence-electron chi connectivity index (χ2n) is 7.08. The number of urea groups is 1. The van der Waals surface area contributed by atoms with Crippen LogP contribution in [0.3, 0.4) is 0 Å². The van der Waals surface area contributed by atoms with E-state index in [0.717, 1.165) is 16.7 Å². The number of hydrogen-bond acceptors (Lipinski definition) is 7. The number of anilines is 1. The first-order chi connectivity index (χ1) is 15.7. The molecule has 9 heteroatoms. The number of para-hydroxylation sites is 1. The highest BCUT2D eigenvalue weighted by atomic mass is 16.7. The van der Waals surface area contributed by atoms with Gasteiger partial charge in [0.15, 0.2) is 11.5 Å². The van der Waals surface area contributed by atoms with Crippen LogP contribution in [0.5, 0.6) is 11.5 Å². The molecular formula is C23H19N5O4. The van der Waals surface area contributed by atoms with Gasteiger partial charge in [-0.05, 0) is 41.5 Å². The molecule has 0 bridgehead atoms. The number of nitrogens with zero attached hydrogens (tertiary/aromatic N) is 3. The number of pyridine rings is 1. The van der Waals surface area contributed by atoms with Crippen molar-refractivity contribution < 1.29 is 18.8 Å². The maximum absolute atomic E-state index is 12.5. The van der Waals surface area contributed by atoms with Crippen LogP contribution in [0.2, 0.25) is 0 Å². The summed E-state index contributed by atoms with van der Waals surface area (Å²) >= 11 is 0. The summed E-state index contributed by atoms with van der Waals surface area (Å²) in [6.07, 6.45) is 3.74. The lowest BCUT2D eigenvalue weighted by molar-refractivity contribution is 0.174. The number of carbonyl (C=O) groups excluding carboxylic acids is 1. The van der Waals surface area contributed by atoms with E-state index in [2.05, 4.69) is 25.8 Å². The number of ether oxygens (including phenoxy) is 2. The minimum absolute atomic E-state index is 0.216. The first kappa shape index (κ1) is 19.6. The molecule has 0 fully saturated rings. The smallest absolute Gasteiger partial charge is 0.319 e. The molecule has 1 aliphatic rings. The molecule has 32 heavy (non-hydrogen) atoms. The van der Waals surface area contributed by atoms with Crippen molar-refractivity contribution in [3.05, 3.63) is 84.0 Å². The van der Waals surface area contributed by atoms with Gasteiger partial charge in [-0.25, -0.2) is 4.79 Å². The average Bonchev–Trinajstić information content (AvgIpc) is 3.49. The quantitative estimate of drug-likeness (QED) is 0.480. The molecule has 0 atom stereocenters. The van der Waals surface area contributed by atoms with Crippen LogP contribution in [-0.2, 0) is 13.0 Å². The van der Waals surface area contributed by atoms with E-state index in [9.17, 15) is 4.79 Å². The van der Waals surface area contributed by atoms with Crippen LogP contribution in [0.1, 0.15) is 17.0 Å². The summed E-state index contributed by atoms with van der Waals surface area (Å²) in [7, 11) is 0. The van der Waals surface area contributed by atoms with Gasteiger partial charge in [0.2, 0.25) is 18.5 Å². The van der Waals surface area contributed by atoms with Crippen LogP contribution in [0.4, 0.5) is 10.5 Å². The Labute approximate surface area is 183 Å². The Morgan fingerprint density at radius 3 is 2.84 bits per heavy atom. The molecule has 0 spiro atoms. The standard InChI is InChI=1S/C23H19N5O4/c29-23(25-12-15-7-8-19-20(10-15)31-14-30-19)26-18-6-2-1-4-16(18)11-21-27-22(28-32-21)17-5-3-9-24-13-17/h1-10,13H,11-12,14H2,(H2,25,26,29). The lowest BCUT2D eigenvalue weighted by Gasteiger charge is -2.11. The molecule has 0 saturated heterocycles. The fraction of sp³-hybridized carbons (Fsp3) is 0.130. The van der Waals surface area contributed by atoms with Gasteiger partial charge in [-0.3, -0.25) is 4.98 Å². The largest absolute Gasteiger partial charge is 0.454 e. The summed E-state index contributed by atoms with van der Waals surface area (Å²) in [6.45, 7) is 0.566. The van der Waals surface area contributed by atoms with Gasteiger partial charge in [-0.2, -0.15) is 4.98 Å². The summed E-state index contributed by atoms with van der Waals surface area (Å²) in [5.74, 6) is 2.30. The Balaban J connectivity index is 1.23. The van der Waals surface area contributed by atoms with Gasteiger partial charge in [-0.1, -0.05) is 29.4 Å². The minimum Gasteiger partial charge on any atom is -0.454 e. The number of carbonyl (C=O) groups is 1. The zero-order valence-electron chi connectivity index (χ0n) is 16.9. The van der Waals surface area contributed by atoms with Crippen LogP contribution >= 0.6 is 0 Å². The van der Waals surface area contributed by atoms with E-state index in [1.54, 1.807) is 12.4 Å². The molecule has 2 N–H and O–H groups in total. The summed E-state index contributed by atoms with van der Waals surface area (Å²) in [5, 5.41) is 9.75. The van der Waals surface area contributed by atoms with Gasteiger partial charge >= 0.3 is 6.03 Å². The number of hydrogen-bond donors (Lipinski definition) is 2. The van der Waals surface area contributed by atoms with Crippen LogP contribution in [0.25, 0.3) is 11.4 Å². The number of benzene rings is 2. The number of rotatable bonds is 6. The van der Waals surface area contributed by atoms with Crippen molar-refractivity contribution in [2.24, 2.45) is 0 Å². The molecule has 3 heterocycles. The van der Waals surface area contributed by atoms with E-state index in [1.165, 1.54) is 0 Å². The van der Waals surface area contributed by atoms with E-state index in [0.29, 0.717) is 41.9 Å². The van der Waals surface area contributed by atoms with Gasteiger partial charge in [0.1, 0.15) is 0 Å². The van der Waals surface area contributed by atoms with E-state index in [-0.39, 0.29) is 12.8 Å². The first-order valence-corrected chi connectivity index (χ1v) is 9.99. The highest BCUT2D eigenvalue weighted by Gasteiger charge is 2.15. The van der Waals surface area contributed by atoms with Crippen LogP contribution in [0, 0.1) is 0 Å². The molecule has 9 nitrogen and oxygen atoms in total. The number of fused-ring (bicyclic) bond motifs is 1. The molecule has 2 aromatic heterocycles. The van der Waals surface area contributed by atoms with Crippen molar-refractivity contribution in [3.63, 3.8) is 0 Å². The Kier molecular flexibility index (Phi) is 5.36. The summed E-state index contributed by atoms with van der Waals surface area (Å²) in [5.41, 5.74) is 3.20. The second kappa shape index (κ2) is 8.76. The maximum atomic E-state index is 12.5. The third-order valence-corrected chi connectivity index (χ3v) is 4.89. The number of aromatic nitrogens is 3. The van der Waals surface area contributed by atoms with Gasteiger partial charge in [0.25, 0.3) is 0 Å². The molecule has 1 aliphatic heterocycles. The van der Waals surface area contributed by atoms with Crippen molar-refractivity contribution in [1.29, 1.82) is 0 Å². The lowest BCUT2D eigenvalue weighted by atomic mass is 10.1. The Morgan fingerprint density at radius 1 is 1.03 bits per heavy atom. The molecule has 0 aliphatic carbocycles. The molecule has 4 aromatic rings. The van der Waals surface area contributed by atoms with Crippen LogP contribution in [0.15, 0.2) is 71.5 Å². The van der Waals surface area contributed by atoms with Gasteiger partial charge in [0, 0.05) is 30.2 Å². The van der Waals surface area contributed by atoms with Crippen molar-refractivity contribution in [2.75, 3.05) is 12.1 Å². The minimum atomic E-state index is -0.323. The molecule has 160 valence electrons. The van der Waals surface area contributed by atoms with Gasteiger partial charge in [-0.15, -0.1) is 0 Å². The van der Waals surface area contributed by atoms with Crippen LogP contribution in [-0.4, -0.2) is 27.9 Å². The third-order valence-electron chi connectivity index (χ3n) is 4.89. The predicted octanol–water partition coefficient (Wildman–Crippen LogP) is 3.77. The highest BCUT2D eigenvalue weighted by molar-refractivity contribution is 5.90. The monoisotopic (exact) mass is 429 g/mol. The molecule has 0 radical (unpaired) electrons. The molecular weight excluding hydrogens is 410 g/mol. The topological polar surface area (TPSA) is 111 Å². The van der Waals surface area contributed by atoms with Gasteiger partial charge < -0.3 is 24.6 Å². The average molecular weight is 429 g/mol. The summed E-state index contributed by atoms with van der Waals surface area (Å²) in [4.78, 5) is 21.0. The number of amides is 2. The van der Waals surface area contributed by atoms with Crippen molar-refractivity contribution in [1.82, 2.24) is 20.4 Å². The van der Waals surface area contributed by atoms with Crippen LogP contribution < -0.4 is 20.1 Å². The lowest BCUT2D eigenvalue weighted by Crippen LogP contribution is -2.28. The molecule has 5 rings (SSSR count). The zero-order valence-corrected chi connectivity index (χ0v) is 16.9. The Bertz CT molecular complexity index is 1240. The fourth-order valence-electron chi connectivity index (χ4n) is 3.30. The van der Waals surface area contributed by atoms with Crippen molar-refractivity contribution in [2.45, 2.75) is 13.0 Å². The fourth-order valence-corrected chi connectivity index (χ4v) is 3.30. The normalized spacial score (nSPS) is 11.9. The molecule has 2 aromatic carbocycles. The van der Waals surface area contributed by atoms with Crippen molar-refractivity contribution >= 4 is 11.7 Å². The van der Waals surface area contributed by atoms with E-state index >= 15 is 0 Å². The van der Waals surface area contributed by atoms with E-state index in [4.69, 9.17) is 14.0 Å². The highest BCUT2D eigenvalue weighted by Crippen LogP contribution is 2.32.